The standard InChI is InChI=1S/C11H17NO5S/c1-2-17-10(14)9-11(6-8(13)12-9)4-3-5-18(15,16)7-11/h9H,2-7H2,1H3,(H,12,13). The normalized spacial score (nSPS) is 34.3. The Bertz CT molecular complexity index is 472. The Labute approximate surface area is 106 Å². The quantitative estimate of drug-likeness (QED) is 0.695. The Balaban J connectivity index is 2.28. The molecule has 0 aromatic carbocycles. The first-order valence-electron chi connectivity index (χ1n) is 6.05. The van der Waals surface area contributed by atoms with Crippen LogP contribution in [0.15, 0.2) is 0 Å². The highest BCUT2D eigenvalue weighted by molar-refractivity contribution is 7.91. The van der Waals surface area contributed by atoms with Gasteiger partial charge in [0.25, 0.3) is 0 Å². The molecule has 2 saturated heterocycles. The topological polar surface area (TPSA) is 89.5 Å². The van der Waals surface area contributed by atoms with Gasteiger partial charge in [0, 0.05) is 11.8 Å². The fourth-order valence-electron chi connectivity index (χ4n) is 2.91. The second kappa shape index (κ2) is 4.53. The molecule has 0 aliphatic carbocycles. The third-order valence-electron chi connectivity index (χ3n) is 3.59. The summed E-state index contributed by atoms with van der Waals surface area (Å²) in [5, 5.41) is 2.56. The minimum Gasteiger partial charge on any atom is -0.464 e. The van der Waals surface area contributed by atoms with Gasteiger partial charge in [-0.3, -0.25) is 4.79 Å². The summed E-state index contributed by atoms with van der Waals surface area (Å²) in [5.41, 5.74) is -0.805. The summed E-state index contributed by atoms with van der Waals surface area (Å²) >= 11 is 0. The molecule has 2 unspecified atom stereocenters. The molecule has 7 heteroatoms. The van der Waals surface area contributed by atoms with Crippen LogP contribution in [0, 0.1) is 5.41 Å². The van der Waals surface area contributed by atoms with Crippen LogP contribution in [-0.2, 0) is 24.2 Å². The van der Waals surface area contributed by atoms with Gasteiger partial charge in [-0.25, -0.2) is 13.2 Å². The smallest absolute Gasteiger partial charge is 0.329 e. The molecule has 2 aliphatic heterocycles. The van der Waals surface area contributed by atoms with Crippen molar-refractivity contribution in [1.29, 1.82) is 0 Å². The van der Waals surface area contributed by atoms with E-state index in [9.17, 15) is 18.0 Å². The number of hydrogen-bond acceptors (Lipinski definition) is 5. The minimum absolute atomic E-state index is 0.0930. The number of ether oxygens (including phenoxy) is 1. The molecule has 0 aromatic heterocycles. The summed E-state index contributed by atoms with van der Waals surface area (Å²) in [4.78, 5) is 23.4. The third-order valence-corrected chi connectivity index (χ3v) is 5.52. The van der Waals surface area contributed by atoms with E-state index in [0.29, 0.717) is 12.8 Å². The van der Waals surface area contributed by atoms with Crippen LogP contribution in [0.5, 0.6) is 0 Å². The number of amides is 1. The molecule has 0 bridgehead atoms. The van der Waals surface area contributed by atoms with Gasteiger partial charge < -0.3 is 10.1 Å². The zero-order valence-corrected chi connectivity index (χ0v) is 11.1. The molecule has 102 valence electrons. The van der Waals surface area contributed by atoms with E-state index in [1.165, 1.54) is 0 Å². The molecule has 2 atom stereocenters. The van der Waals surface area contributed by atoms with E-state index in [2.05, 4.69) is 5.32 Å². The molecule has 1 N–H and O–H groups in total. The molecule has 0 saturated carbocycles. The second-order valence-electron chi connectivity index (χ2n) is 4.99. The highest BCUT2D eigenvalue weighted by atomic mass is 32.2. The van der Waals surface area contributed by atoms with E-state index in [1.807, 2.05) is 0 Å². The monoisotopic (exact) mass is 275 g/mol. The molecule has 18 heavy (non-hydrogen) atoms. The van der Waals surface area contributed by atoms with E-state index < -0.39 is 27.3 Å². The van der Waals surface area contributed by atoms with Gasteiger partial charge in [-0.05, 0) is 19.8 Å². The van der Waals surface area contributed by atoms with Crippen LogP contribution >= 0.6 is 0 Å². The van der Waals surface area contributed by atoms with E-state index in [0.717, 1.165) is 0 Å². The zero-order valence-electron chi connectivity index (χ0n) is 10.3. The summed E-state index contributed by atoms with van der Waals surface area (Å²) in [6.45, 7) is 1.90. The van der Waals surface area contributed by atoms with E-state index >= 15 is 0 Å². The molecule has 1 spiro atoms. The predicted molar refractivity (Wildman–Crippen MR) is 63.5 cm³/mol. The predicted octanol–water partition coefficient (Wildman–Crippen LogP) is -0.367. The Morgan fingerprint density at radius 2 is 2.28 bits per heavy atom. The molecular weight excluding hydrogens is 258 g/mol. The van der Waals surface area contributed by atoms with Crippen molar-refractivity contribution in [2.24, 2.45) is 5.41 Å². The van der Waals surface area contributed by atoms with Gasteiger partial charge in [-0.15, -0.1) is 0 Å². The third kappa shape index (κ3) is 2.36. The lowest BCUT2D eigenvalue weighted by atomic mass is 9.78. The SMILES string of the molecule is CCOC(=O)C1NC(=O)CC12CCCS(=O)(=O)C2. The van der Waals surface area contributed by atoms with Crippen LogP contribution in [0.3, 0.4) is 0 Å². The summed E-state index contributed by atoms with van der Waals surface area (Å²) in [6.07, 6.45) is 1.15. The lowest BCUT2D eigenvalue weighted by Gasteiger charge is -2.35. The van der Waals surface area contributed by atoms with Crippen LogP contribution in [0.1, 0.15) is 26.2 Å². The lowest BCUT2D eigenvalue weighted by Crippen LogP contribution is -2.50. The van der Waals surface area contributed by atoms with Gasteiger partial charge in [-0.1, -0.05) is 0 Å². The van der Waals surface area contributed by atoms with Crippen molar-refractivity contribution < 1.29 is 22.7 Å². The van der Waals surface area contributed by atoms with Crippen LogP contribution in [0.2, 0.25) is 0 Å². The van der Waals surface area contributed by atoms with Crippen molar-refractivity contribution in [2.75, 3.05) is 18.1 Å². The molecule has 0 radical (unpaired) electrons. The largest absolute Gasteiger partial charge is 0.464 e. The Kier molecular flexibility index (Phi) is 3.35. The van der Waals surface area contributed by atoms with Crippen LogP contribution in [0.4, 0.5) is 0 Å². The molecule has 2 fully saturated rings. The average Bonchev–Trinajstić information content (AvgIpc) is 2.53. The molecule has 2 rings (SSSR count). The maximum absolute atomic E-state index is 11.8. The van der Waals surface area contributed by atoms with Crippen molar-refractivity contribution in [3.8, 4) is 0 Å². The molecule has 1 amide bonds. The molecular formula is C11H17NO5S. The van der Waals surface area contributed by atoms with Crippen LogP contribution in [-0.4, -0.2) is 44.4 Å². The lowest BCUT2D eigenvalue weighted by molar-refractivity contribution is -0.148. The highest BCUT2D eigenvalue weighted by Crippen LogP contribution is 2.41. The van der Waals surface area contributed by atoms with Gasteiger partial charge in [0.1, 0.15) is 6.04 Å². The molecule has 2 aliphatic rings. The number of esters is 1. The highest BCUT2D eigenvalue weighted by Gasteiger charge is 2.54. The Morgan fingerprint density at radius 1 is 1.56 bits per heavy atom. The fraction of sp³-hybridized carbons (Fsp3) is 0.818. The van der Waals surface area contributed by atoms with Gasteiger partial charge in [0.2, 0.25) is 5.91 Å². The molecule has 6 nitrogen and oxygen atoms in total. The zero-order chi connectivity index (χ0) is 13.4. The average molecular weight is 275 g/mol. The van der Waals surface area contributed by atoms with Gasteiger partial charge in [0.15, 0.2) is 9.84 Å². The fourth-order valence-corrected chi connectivity index (χ4v) is 4.93. The van der Waals surface area contributed by atoms with Crippen molar-refractivity contribution in [1.82, 2.24) is 5.32 Å². The summed E-state index contributed by atoms with van der Waals surface area (Å²) < 4.78 is 28.4. The van der Waals surface area contributed by atoms with Crippen molar-refractivity contribution in [3.63, 3.8) is 0 Å². The Hall–Kier alpha value is -1.11. The van der Waals surface area contributed by atoms with Crippen molar-refractivity contribution in [2.45, 2.75) is 32.2 Å². The number of hydrogen-bond donors (Lipinski definition) is 1. The number of sulfone groups is 1. The summed E-state index contributed by atoms with van der Waals surface area (Å²) in [6, 6.07) is -0.819. The van der Waals surface area contributed by atoms with E-state index in [-0.39, 0.29) is 30.4 Å². The first-order valence-corrected chi connectivity index (χ1v) is 7.87. The minimum atomic E-state index is -3.18. The molecule has 2 heterocycles. The summed E-state index contributed by atoms with van der Waals surface area (Å²) in [5.74, 6) is -0.772. The number of rotatable bonds is 2. The molecule has 0 aromatic rings. The Morgan fingerprint density at radius 3 is 2.89 bits per heavy atom. The van der Waals surface area contributed by atoms with E-state index in [4.69, 9.17) is 4.74 Å². The first-order chi connectivity index (χ1) is 8.38. The maximum atomic E-state index is 11.8. The summed E-state index contributed by atoms with van der Waals surface area (Å²) in [7, 11) is -3.18. The van der Waals surface area contributed by atoms with E-state index in [1.54, 1.807) is 6.92 Å². The number of carbonyl (C=O) groups is 2. The number of nitrogens with one attached hydrogen (secondary N) is 1. The van der Waals surface area contributed by atoms with Gasteiger partial charge in [-0.2, -0.15) is 0 Å². The number of carbonyl (C=O) groups excluding carboxylic acids is 2. The van der Waals surface area contributed by atoms with Crippen molar-refractivity contribution in [3.05, 3.63) is 0 Å². The first kappa shape index (κ1) is 13.3. The van der Waals surface area contributed by atoms with Gasteiger partial charge >= 0.3 is 5.97 Å². The van der Waals surface area contributed by atoms with Crippen molar-refractivity contribution >= 4 is 21.7 Å². The maximum Gasteiger partial charge on any atom is 0.329 e. The van der Waals surface area contributed by atoms with Crippen LogP contribution < -0.4 is 5.32 Å². The van der Waals surface area contributed by atoms with Crippen LogP contribution in [0.25, 0.3) is 0 Å². The second-order valence-corrected chi connectivity index (χ2v) is 7.17. The van der Waals surface area contributed by atoms with Gasteiger partial charge in [0.05, 0.1) is 18.1 Å².